The van der Waals surface area contributed by atoms with Gasteiger partial charge in [-0.25, -0.2) is 0 Å². The monoisotopic (exact) mass is 261 g/mol. The third kappa shape index (κ3) is 2.42. The Morgan fingerprint density at radius 1 is 1.42 bits per heavy atom. The first-order chi connectivity index (χ1) is 9.13. The Morgan fingerprint density at radius 3 is 3.11 bits per heavy atom. The van der Waals surface area contributed by atoms with Crippen LogP contribution in [0.25, 0.3) is 0 Å². The van der Waals surface area contributed by atoms with Gasteiger partial charge in [0.2, 0.25) is 5.91 Å². The minimum Gasteiger partial charge on any atom is -0.506 e. The van der Waals surface area contributed by atoms with E-state index in [-0.39, 0.29) is 5.75 Å². The Labute approximate surface area is 112 Å². The molecule has 102 valence electrons. The van der Waals surface area contributed by atoms with E-state index in [9.17, 15) is 9.90 Å². The maximum Gasteiger partial charge on any atom is 0.222 e. The van der Waals surface area contributed by atoms with Gasteiger partial charge in [-0.15, -0.1) is 0 Å². The molecule has 0 spiro atoms. The van der Waals surface area contributed by atoms with E-state index in [1.54, 1.807) is 6.07 Å². The Balaban J connectivity index is 1.68. The van der Waals surface area contributed by atoms with Gasteiger partial charge in [0.1, 0.15) is 5.75 Å². The number of fused-ring (bicyclic) bond motifs is 1. The Kier molecular flexibility index (Phi) is 3.14. The molecule has 2 aliphatic rings. The topological polar surface area (TPSA) is 56.7 Å². The van der Waals surface area contributed by atoms with Crippen molar-refractivity contribution >= 4 is 5.91 Å². The molecule has 2 fully saturated rings. The van der Waals surface area contributed by atoms with Gasteiger partial charge in [0, 0.05) is 44.3 Å². The van der Waals surface area contributed by atoms with E-state index in [0.717, 1.165) is 37.4 Å². The number of rotatable bonds is 2. The smallest absolute Gasteiger partial charge is 0.222 e. The minimum atomic E-state index is 0.260. The van der Waals surface area contributed by atoms with Crippen molar-refractivity contribution in [3.8, 4) is 5.75 Å². The summed E-state index contributed by atoms with van der Waals surface area (Å²) in [5, 5.41) is 9.84. The van der Waals surface area contributed by atoms with Crippen LogP contribution in [0.1, 0.15) is 24.2 Å². The molecule has 1 N–H and O–H groups in total. The molecule has 1 unspecified atom stereocenters. The molecule has 5 nitrogen and oxygen atoms in total. The van der Waals surface area contributed by atoms with Crippen molar-refractivity contribution in [2.45, 2.75) is 32.4 Å². The van der Waals surface area contributed by atoms with Crippen LogP contribution in [0.2, 0.25) is 0 Å². The van der Waals surface area contributed by atoms with E-state index in [0.29, 0.717) is 24.9 Å². The number of hydrogen-bond acceptors (Lipinski definition) is 4. The minimum absolute atomic E-state index is 0.260. The Hall–Kier alpha value is -1.62. The number of aromatic nitrogens is 1. The van der Waals surface area contributed by atoms with Crippen molar-refractivity contribution in [2.24, 2.45) is 0 Å². The van der Waals surface area contributed by atoms with Crippen LogP contribution < -0.4 is 0 Å². The highest BCUT2D eigenvalue weighted by molar-refractivity contribution is 5.78. The zero-order chi connectivity index (χ0) is 13.4. The van der Waals surface area contributed by atoms with Crippen molar-refractivity contribution in [3.05, 3.63) is 23.5 Å². The highest BCUT2D eigenvalue weighted by Crippen LogP contribution is 2.25. The van der Waals surface area contributed by atoms with Crippen molar-refractivity contribution < 1.29 is 9.90 Å². The molecule has 19 heavy (non-hydrogen) atoms. The van der Waals surface area contributed by atoms with Crippen LogP contribution in [0, 0.1) is 6.92 Å². The molecule has 0 aromatic carbocycles. The third-order valence-corrected chi connectivity index (χ3v) is 4.04. The van der Waals surface area contributed by atoms with E-state index in [2.05, 4.69) is 9.88 Å². The summed E-state index contributed by atoms with van der Waals surface area (Å²) in [6.45, 7) is 5.14. The lowest BCUT2D eigenvalue weighted by Gasteiger charge is -2.37. The number of hydrogen-bond donors (Lipinski definition) is 1. The van der Waals surface area contributed by atoms with Crippen molar-refractivity contribution in [2.75, 3.05) is 19.6 Å². The molecule has 1 aromatic heterocycles. The van der Waals surface area contributed by atoms with Crippen LogP contribution in [-0.4, -0.2) is 51.5 Å². The molecule has 2 aliphatic heterocycles. The van der Waals surface area contributed by atoms with E-state index in [1.165, 1.54) is 0 Å². The summed E-state index contributed by atoms with van der Waals surface area (Å²) in [5.41, 5.74) is 1.65. The molecule has 0 saturated carbocycles. The third-order valence-electron chi connectivity index (χ3n) is 4.04. The quantitative estimate of drug-likeness (QED) is 0.859. The van der Waals surface area contributed by atoms with Crippen LogP contribution in [0.4, 0.5) is 0 Å². The predicted molar refractivity (Wildman–Crippen MR) is 70.7 cm³/mol. The van der Waals surface area contributed by atoms with E-state index >= 15 is 0 Å². The van der Waals surface area contributed by atoms with Gasteiger partial charge in [0.25, 0.3) is 0 Å². The molecule has 0 aliphatic carbocycles. The van der Waals surface area contributed by atoms with Crippen LogP contribution in [0.3, 0.4) is 0 Å². The summed E-state index contributed by atoms with van der Waals surface area (Å²) in [7, 11) is 0. The molecule has 0 radical (unpaired) electrons. The van der Waals surface area contributed by atoms with E-state index in [1.807, 2.05) is 17.9 Å². The maximum atomic E-state index is 11.6. The van der Waals surface area contributed by atoms with Gasteiger partial charge in [-0.05, 0) is 25.5 Å². The van der Waals surface area contributed by atoms with Gasteiger partial charge in [-0.3, -0.25) is 14.7 Å². The zero-order valence-corrected chi connectivity index (χ0v) is 11.2. The van der Waals surface area contributed by atoms with Gasteiger partial charge >= 0.3 is 0 Å². The maximum absolute atomic E-state index is 11.6. The molecule has 3 heterocycles. The molecule has 2 saturated heterocycles. The molecule has 3 rings (SSSR count). The van der Waals surface area contributed by atoms with Crippen molar-refractivity contribution in [3.63, 3.8) is 0 Å². The number of carbonyl (C=O) groups is 1. The molecule has 0 bridgehead atoms. The SMILES string of the molecule is Cc1ccc(O)c(CN2CCN3C(=O)CCC3C2)n1. The fourth-order valence-electron chi connectivity index (χ4n) is 3.00. The highest BCUT2D eigenvalue weighted by Gasteiger charge is 2.35. The summed E-state index contributed by atoms with van der Waals surface area (Å²) in [4.78, 5) is 20.3. The van der Waals surface area contributed by atoms with Gasteiger partial charge < -0.3 is 10.0 Å². The standard InChI is InChI=1S/C14H19N3O2/c1-10-2-4-13(18)12(15-10)9-16-6-7-17-11(8-16)3-5-14(17)19/h2,4,11,18H,3,5-9H2,1H3. The van der Waals surface area contributed by atoms with Crippen LogP contribution >= 0.6 is 0 Å². The second kappa shape index (κ2) is 4.81. The lowest BCUT2D eigenvalue weighted by atomic mass is 10.1. The summed E-state index contributed by atoms with van der Waals surface area (Å²) < 4.78 is 0. The Bertz CT molecular complexity index is 503. The number of pyridine rings is 1. The lowest BCUT2D eigenvalue weighted by molar-refractivity contribution is -0.130. The van der Waals surface area contributed by atoms with E-state index < -0.39 is 0 Å². The number of aryl methyl sites for hydroxylation is 1. The first-order valence-corrected chi connectivity index (χ1v) is 6.81. The fraction of sp³-hybridized carbons (Fsp3) is 0.571. The molecular weight excluding hydrogens is 242 g/mol. The van der Waals surface area contributed by atoms with Crippen LogP contribution in [0.5, 0.6) is 5.75 Å². The average Bonchev–Trinajstić information content (AvgIpc) is 2.75. The van der Waals surface area contributed by atoms with Gasteiger partial charge in [-0.2, -0.15) is 0 Å². The predicted octanol–water partition coefficient (Wildman–Crippen LogP) is 0.902. The summed E-state index contributed by atoms with van der Waals surface area (Å²) in [6.07, 6.45) is 1.65. The molecule has 5 heteroatoms. The highest BCUT2D eigenvalue weighted by atomic mass is 16.3. The van der Waals surface area contributed by atoms with Crippen molar-refractivity contribution in [1.29, 1.82) is 0 Å². The summed E-state index contributed by atoms with van der Waals surface area (Å²) in [5.74, 6) is 0.553. The first kappa shape index (κ1) is 12.4. The Morgan fingerprint density at radius 2 is 2.26 bits per heavy atom. The number of aromatic hydroxyl groups is 1. The van der Waals surface area contributed by atoms with E-state index in [4.69, 9.17) is 0 Å². The van der Waals surface area contributed by atoms with Gasteiger partial charge in [0.15, 0.2) is 0 Å². The zero-order valence-electron chi connectivity index (χ0n) is 11.2. The largest absolute Gasteiger partial charge is 0.506 e. The fourth-order valence-corrected chi connectivity index (χ4v) is 3.00. The normalized spacial score (nSPS) is 23.7. The first-order valence-electron chi connectivity index (χ1n) is 6.81. The number of carbonyl (C=O) groups excluding carboxylic acids is 1. The van der Waals surface area contributed by atoms with Crippen LogP contribution in [-0.2, 0) is 11.3 Å². The molecule has 1 aromatic rings. The number of nitrogens with zero attached hydrogens (tertiary/aromatic N) is 3. The van der Waals surface area contributed by atoms with Crippen molar-refractivity contribution in [1.82, 2.24) is 14.8 Å². The number of piperazine rings is 1. The molecule has 1 amide bonds. The number of amides is 1. The van der Waals surface area contributed by atoms with Crippen LogP contribution in [0.15, 0.2) is 12.1 Å². The van der Waals surface area contributed by atoms with Gasteiger partial charge in [0.05, 0.1) is 5.69 Å². The second-order valence-electron chi connectivity index (χ2n) is 5.43. The average molecular weight is 261 g/mol. The molecule has 1 atom stereocenters. The van der Waals surface area contributed by atoms with Gasteiger partial charge in [-0.1, -0.05) is 0 Å². The lowest BCUT2D eigenvalue weighted by Crippen LogP contribution is -2.51. The molecular formula is C14H19N3O2. The second-order valence-corrected chi connectivity index (χ2v) is 5.43. The summed E-state index contributed by atoms with van der Waals surface area (Å²) in [6, 6.07) is 3.87. The summed E-state index contributed by atoms with van der Waals surface area (Å²) >= 11 is 0.